The van der Waals surface area contributed by atoms with Crippen LogP contribution in [0.25, 0.3) is 10.9 Å². The molecule has 1 saturated heterocycles. The van der Waals surface area contributed by atoms with E-state index in [1.807, 2.05) is 18.2 Å². The molecule has 0 amide bonds. The molecule has 29 heavy (non-hydrogen) atoms. The summed E-state index contributed by atoms with van der Waals surface area (Å²) >= 11 is 0. The second kappa shape index (κ2) is 7.84. The summed E-state index contributed by atoms with van der Waals surface area (Å²) in [6.07, 6.45) is 7.21. The minimum absolute atomic E-state index is 0.647. The Labute approximate surface area is 170 Å². The van der Waals surface area contributed by atoms with Crippen molar-refractivity contribution < 1.29 is 4.52 Å². The van der Waals surface area contributed by atoms with Crippen LogP contribution in [0.4, 0.5) is 0 Å². The Kier molecular flexibility index (Phi) is 4.90. The Balaban J connectivity index is 1.32. The van der Waals surface area contributed by atoms with Crippen LogP contribution >= 0.6 is 0 Å². The van der Waals surface area contributed by atoms with Crippen LogP contribution in [0.3, 0.4) is 0 Å². The van der Waals surface area contributed by atoms with E-state index < -0.39 is 0 Å². The fraction of sp³-hybridized carbons (Fsp3) is 0.333. The molecule has 1 N–H and O–H groups in total. The maximum Gasteiger partial charge on any atom is 0.231 e. The second-order valence-electron chi connectivity index (χ2n) is 8.12. The zero-order chi connectivity index (χ0) is 19.6. The van der Waals surface area contributed by atoms with E-state index in [1.54, 1.807) is 0 Å². The molecule has 1 aliphatic rings. The smallest absolute Gasteiger partial charge is 0.231 e. The SMILES string of the molecule is CN1CCCC1Cc1c[nH]c2ccc(Cc3nc(Cc4ccccc4)no3)cc12. The molecule has 0 spiro atoms. The van der Waals surface area contributed by atoms with Gasteiger partial charge in [0.1, 0.15) is 0 Å². The summed E-state index contributed by atoms with van der Waals surface area (Å²) < 4.78 is 5.51. The standard InChI is InChI=1S/C24H26N4O/c1-28-11-5-8-20(28)15-19-16-25-22-10-9-18(12-21(19)22)14-24-26-23(27-29-24)13-17-6-3-2-4-7-17/h2-4,6-7,9-10,12,16,20,25H,5,8,11,13-15H2,1H3. The molecule has 1 atom stereocenters. The van der Waals surface area contributed by atoms with E-state index in [9.17, 15) is 0 Å². The van der Waals surface area contributed by atoms with Gasteiger partial charge in [-0.2, -0.15) is 4.98 Å². The van der Waals surface area contributed by atoms with E-state index >= 15 is 0 Å². The van der Waals surface area contributed by atoms with Gasteiger partial charge in [0.2, 0.25) is 5.89 Å². The first-order chi connectivity index (χ1) is 14.2. The number of hydrogen-bond donors (Lipinski definition) is 1. The number of likely N-dealkylation sites (tertiary alicyclic amines) is 1. The summed E-state index contributed by atoms with van der Waals surface area (Å²) in [7, 11) is 2.24. The molecule has 3 heterocycles. The number of rotatable bonds is 6. The summed E-state index contributed by atoms with van der Waals surface area (Å²) in [6, 6.07) is 17.5. The molecular formula is C24H26N4O. The predicted molar refractivity (Wildman–Crippen MR) is 114 cm³/mol. The highest BCUT2D eigenvalue weighted by Gasteiger charge is 2.22. The summed E-state index contributed by atoms with van der Waals surface area (Å²) in [6.45, 7) is 1.21. The molecule has 148 valence electrons. The van der Waals surface area contributed by atoms with Crippen LogP contribution in [-0.2, 0) is 19.3 Å². The number of hydrogen-bond acceptors (Lipinski definition) is 4. The van der Waals surface area contributed by atoms with Gasteiger partial charge in [-0.05, 0) is 61.7 Å². The predicted octanol–water partition coefficient (Wildman–Crippen LogP) is 4.37. The number of nitrogens with one attached hydrogen (secondary N) is 1. The molecule has 5 nitrogen and oxygen atoms in total. The van der Waals surface area contributed by atoms with Crippen molar-refractivity contribution in [3.63, 3.8) is 0 Å². The van der Waals surface area contributed by atoms with E-state index in [1.165, 1.54) is 47.0 Å². The number of likely N-dealkylation sites (N-methyl/N-ethyl adjacent to an activating group) is 1. The van der Waals surface area contributed by atoms with Crippen LogP contribution < -0.4 is 0 Å². The molecule has 0 saturated carbocycles. The zero-order valence-electron chi connectivity index (χ0n) is 16.8. The quantitative estimate of drug-likeness (QED) is 0.535. The van der Waals surface area contributed by atoms with Crippen molar-refractivity contribution in [2.45, 2.75) is 38.1 Å². The topological polar surface area (TPSA) is 58.0 Å². The summed E-state index contributed by atoms with van der Waals surface area (Å²) in [5.41, 5.74) is 4.98. The van der Waals surface area contributed by atoms with Gasteiger partial charge in [-0.25, -0.2) is 0 Å². The molecular weight excluding hydrogens is 360 g/mol. The van der Waals surface area contributed by atoms with E-state index in [0.29, 0.717) is 24.8 Å². The lowest BCUT2D eigenvalue weighted by atomic mass is 10.0. The average Bonchev–Trinajstić information content (AvgIpc) is 3.45. The van der Waals surface area contributed by atoms with Gasteiger partial charge in [-0.15, -0.1) is 0 Å². The Morgan fingerprint density at radius 3 is 2.83 bits per heavy atom. The lowest BCUT2D eigenvalue weighted by molar-refractivity contribution is 0.310. The number of fused-ring (bicyclic) bond motifs is 1. The Hall–Kier alpha value is -2.92. The largest absolute Gasteiger partial charge is 0.361 e. The average molecular weight is 386 g/mol. The number of nitrogens with zero attached hydrogens (tertiary/aromatic N) is 3. The van der Waals surface area contributed by atoms with E-state index in [0.717, 1.165) is 12.2 Å². The minimum Gasteiger partial charge on any atom is -0.361 e. The van der Waals surface area contributed by atoms with Gasteiger partial charge in [0.05, 0.1) is 6.42 Å². The van der Waals surface area contributed by atoms with Crippen LogP contribution in [0.2, 0.25) is 0 Å². The van der Waals surface area contributed by atoms with Crippen molar-refractivity contribution >= 4 is 10.9 Å². The van der Waals surface area contributed by atoms with Gasteiger partial charge in [-0.1, -0.05) is 41.6 Å². The molecule has 1 unspecified atom stereocenters. The van der Waals surface area contributed by atoms with Crippen LogP contribution in [0.1, 0.15) is 41.2 Å². The number of H-pyrrole nitrogens is 1. The fourth-order valence-electron chi connectivity index (χ4n) is 4.38. The van der Waals surface area contributed by atoms with Crippen molar-refractivity contribution in [1.82, 2.24) is 20.0 Å². The molecule has 1 aliphatic heterocycles. The monoisotopic (exact) mass is 386 g/mol. The molecule has 2 aromatic carbocycles. The van der Waals surface area contributed by atoms with E-state index in [4.69, 9.17) is 4.52 Å². The molecule has 0 aliphatic carbocycles. The highest BCUT2D eigenvalue weighted by atomic mass is 16.5. The highest BCUT2D eigenvalue weighted by Crippen LogP contribution is 2.26. The Bertz CT molecular complexity index is 1100. The maximum atomic E-state index is 5.51. The molecule has 0 bridgehead atoms. The lowest BCUT2D eigenvalue weighted by Gasteiger charge is -2.18. The highest BCUT2D eigenvalue weighted by molar-refractivity contribution is 5.84. The van der Waals surface area contributed by atoms with E-state index in [-0.39, 0.29) is 0 Å². The second-order valence-corrected chi connectivity index (χ2v) is 8.12. The summed E-state index contributed by atoms with van der Waals surface area (Å²) in [5, 5.41) is 5.47. The number of benzene rings is 2. The summed E-state index contributed by atoms with van der Waals surface area (Å²) in [4.78, 5) is 10.5. The molecule has 5 heteroatoms. The summed E-state index contributed by atoms with van der Waals surface area (Å²) in [5.74, 6) is 1.40. The van der Waals surface area contributed by atoms with Crippen LogP contribution in [0.5, 0.6) is 0 Å². The van der Waals surface area contributed by atoms with Gasteiger partial charge in [0, 0.05) is 29.6 Å². The van der Waals surface area contributed by atoms with E-state index in [2.05, 4.69) is 63.6 Å². The molecule has 1 fully saturated rings. The molecule has 2 aromatic heterocycles. The van der Waals surface area contributed by atoms with Crippen LogP contribution in [0, 0.1) is 0 Å². The van der Waals surface area contributed by atoms with Gasteiger partial charge in [0.25, 0.3) is 0 Å². The van der Waals surface area contributed by atoms with Gasteiger partial charge < -0.3 is 14.4 Å². The molecule has 4 aromatic rings. The Morgan fingerprint density at radius 2 is 2.00 bits per heavy atom. The molecule has 0 radical (unpaired) electrons. The Morgan fingerprint density at radius 1 is 1.10 bits per heavy atom. The maximum absolute atomic E-state index is 5.51. The number of aromatic nitrogens is 3. The first kappa shape index (κ1) is 18.1. The number of aromatic amines is 1. The van der Waals surface area contributed by atoms with Crippen molar-refractivity contribution in [2.75, 3.05) is 13.6 Å². The normalized spacial score (nSPS) is 17.3. The van der Waals surface area contributed by atoms with Gasteiger partial charge in [0.15, 0.2) is 5.82 Å². The minimum atomic E-state index is 0.647. The third-order valence-electron chi connectivity index (χ3n) is 6.03. The van der Waals surface area contributed by atoms with Crippen molar-refractivity contribution in [3.05, 3.63) is 83.1 Å². The first-order valence-corrected chi connectivity index (χ1v) is 10.4. The van der Waals surface area contributed by atoms with Crippen LogP contribution in [0.15, 0.2) is 59.3 Å². The van der Waals surface area contributed by atoms with Gasteiger partial charge in [-0.3, -0.25) is 0 Å². The van der Waals surface area contributed by atoms with Crippen molar-refractivity contribution in [2.24, 2.45) is 0 Å². The van der Waals surface area contributed by atoms with Gasteiger partial charge >= 0.3 is 0 Å². The van der Waals surface area contributed by atoms with Crippen LogP contribution in [-0.4, -0.2) is 39.7 Å². The third kappa shape index (κ3) is 3.96. The molecule has 5 rings (SSSR count). The third-order valence-corrected chi connectivity index (χ3v) is 6.03. The zero-order valence-corrected chi connectivity index (χ0v) is 16.8. The van der Waals surface area contributed by atoms with Crippen molar-refractivity contribution in [3.8, 4) is 0 Å². The first-order valence-electron chi connectivity index (χ1n) is 10.4. The van der Waals surface area contributed by atoms with Crippen molar-refractivity contribution in [1.29, 1.82) is 0 Å². The fourth-order valence-corrected chi connectivity index (χ4v) is 4.38. The lowest BCUT2D eigenvalue weighted by Crippen LogP contribution is -2.26.